The quantitative estimate of drug-likeness (QED) is 0.714. The molecule has 0 saturated carbocycles. The predicted octanol–water partition coefficient (Wildman–Crippen LogP) is 2.02. The monoisotopic (exact) mass is 336 g/mol. The average Bonchev–Trinajstić information content (AvgIpc) is 2.65. The van der Waals surface area contributed by atoms with Crippen LogP contribution in [0.2, 0.25) is 0 Å². The van der Waals surface area contributed by atoms with E-state index in [0.717, 1.165) is 10.9 Å². The number of rotatable bonds is 3. The van der Waals surface area contributed by atoms with E-state index in [-0.39, 0.29) is 0 Å². The van der Waals surface area contributed by atoms with Crippen LogP contribution >= 0.6 is 0 Å². The van der Waals surface area contributed by atoms with Crippen LogP contribution in [-0.2, 0) is 0 Å². The van der Waals surface area contributed by atoms with E-state index in [4.69, 9.17) is 4.74 Å². The van der Waals surface area contributed by atoms with Crippen molar-refractivity contribution in [1.29, 1.82) is 0 Å². The third kappa shape index (κ3) is 3.55. The molecule has 0 radical (unpaired) electrons. The number of amides is 2. The molecule has 25 heavy (non-hydrogen) atoms. The molecule has 2 N–H and O–H groups in total. The number of hydrazine groups is 1. The molecule has 0 aliphatic carbocycles. The molecule has 0 fully saturated rings. The zero-order chi connectivity index (χ0) is 17.8. The van der Waals surface area contributed by atoms with E-state index in [1.807, 2.05) is 6.07 Å². The number of aryl methyl sites for hydroxylation is 1. The molecule has 1 aromatic carbocycles. The van der Waals surface area contributed by atoms with Crippen molar-refractivity contribution in [2.24, 2.45) is 0 Å². The van der Waals surface area contributed by atoms with Gasteiger partial charge in [-0.15, -0.1) is 0 Å². The lowest BCUT2D eigenvalue weighted by Gasteiger charge is -2.10. The number of methoxy groups -OCH3 is 1. The van der Waals surface area contributed by atoms with Crippen LogP contribution in [0.15, 0.2) is 48.8 Å². The number of aromatic nitrogens is 2. The second kappa shape index (κ2) is 6.96. The van der Waals surface area contributed by atoms with Crippen LogP contribution in [0.4, 0.5) is 0 Å². The van der Waals surface area contributed by atoms with Gasteiger partial charge in [-0.05, 0) is 37.3 Å². The van der Waals surface area contributed by atoms with E-state index in [1.165, 1.54) is 6.20 Å². The molecule has 126 valence electrons. The Morgan fingerprint density at radius 2 is 1.88 bits per heavy atom. The molecule has 2 aromatic heterocycles. The van der Waals surface area contributed by atoms with Gasteiger partial charge < -0.3 is 4.74 Å². The van der Waals surface area contributed by atoms with Gasteiger partial charge in [0.1, 0.15) is 5.75 Å². The van der Waals surface area contributed by atoms with Crippen molar-refractivity contribution < 1.29 is 14.3 Å². The summed E-state index contributed by atoms with van der Waals surface area (Å²) in [6, 6.07) is 10.4. The average molecular weight is 336 g/mol. The van der Waals surface area contributed by atoms with Gasteiger partial charge in [0.2, 0.25) is 0 Å². The maximum absolute atomic E-state index is 12.4. The van der Waals surface area contributed by atoms with Gasteiger partial charge in [-0.3, -0.25) is 30.4 Å². The van der Waals surface area contributed by atoms with Crippen molar-refractivity contribution >= 4 is 22.7 Å². The highest BCUT2D eigenvalue weighted by molar-refractivity contribution is 6.01. The third-order valence-corrected chi connectivity index (χ3v) is 3.67. The van der Waals surface area contributed by atoms with Crippen LogP contribution in [0.3, 0.4) is 0 Å². The number of hydrogen-bond acceptors (Lipinski definition) is 5. The molecule has 2 heterocycles. The molecule has 0 spiro atoms. The first-order valence-corrected chi connectivity index (χ1v) is 7.54. The van der Waals surface area contributed by atoms with Crippen LogP contribution < -0.4 is 15.6 Å². The van der Waals surface area contributed by atoms with Gasteiger partial charge in [0, 0.05) is 23.8 Å². The lowest BCUT2D eigenvalue weighted by molar-refractivity contribution is 0.0846. The zero-order valence-corrected chi connectivity index (χ0v) is 13.7. The number of carbonyl (C=O) groups is 2. The summed E-state index contributed by atoms with van der Waals surface area (Å²) in [6.07, 6.45) is 2.98. The minimum absolute atomic E-state index is 0.350. The molecule has 0 unspecified atom stereocenters. The van der Waals surface area contributed by atoms with Crippen LogP contribution in [0.1, 0.15) is 26.4 Å². The Labute approximate surface area is 144 Å². The highest BCUT2D eigenvalue weighted by Gasteiger charge is 2.13. The summed E-state index contributed by atoms with van der Waals surface area (Å²) < 4.78 is 5.17. The van der Waals surface area contributed by atoms with Gasteiger partial charge in [0.15, 0.2) is 0 Å². The summed E-state index contributed by atoms with van der Waals surface area (Å²) in [5, 5.41) is 0.801. The second-order valence-electron chi connectivity index (χ2n) is 5.33. The van der Waals surface area contributed by atoms with E-state index in [1.54, 1.807) is 50.6 Å². The molecule has 0 aliphatic heterocycles. The predicted molar refractivity (Wildman–Crippen MR) is 92.2 cm³/mol. The molecular weight excluding hydrogens is 320 g/mol. The van der Waals surface area contributed by atoms with Gasteiger partial charge in [-0.25, -0.2) is 0 Å². The molecule has 7 heteroatoms. The number of nitrogens with zero attached hydrogens (tertiary/aromatic N) is 2. The van der Waals surface area contributed by atoms with Gasteiger partial charge in [-0.2, -0.15) is 0 Å². The Bertz CT molecular complexity index is 942. The van der Waals surface area contributed by atoms with Gasteiger partial charge in [0.25, 0.3) is 11.8 Å². The third-order valence-electron chi connectivity index (χ3n) is 3.67. The van der Waals surface area contributed by atoms with E-state index in [2.05, 4.69) is 20.8 Å². The first kappa shape index (κ1) is 16.4. The van der Waals surface area contributed by atoms with Gasteiger partial charge >= 0.3 is 0 Å². The Balaban J connectivity index is 1.77. The number of carbonyl (C=O) groups excluding carboxylic acids is 2. The molecule has 2 amide bonds. The number of hydrogen-bond donors (Lipinski definition) is 2. The Hall–Kier alpha value is -3.48. The summed E-state index contributed by atoms with van der Waals surface area (Å²) >= 11 is 0. The Kier molecular flexibility index (Phi) is 4.56. The van der Waals surface area contributed by atoms with E-state index in [9.17, 15) is 9.59 Å². The maximum atomic E-state index is 12.4. The van der Waals surface area contributed by atoms with Gasteiger partial charge in [0.05, 0.1) is 29.4 Å². The fourth-order valence-corrected chi connectivity index (χ4v) is 2.35. The van der Waals surface area contributed by atoms with Crippen molar-refractivity contribution in [3.63, 3.8) is 0 Å². The Morgan fingerprint density at radius 3 is 2.60 bits per heavy atom. The summed E-state index contributed by atoms with van der Waals surface area (Å²) in [6.45, 7) is 1.73. The summed E-state index contributed by atoms with van der Waals surface area (Å²) in [5.74, 6) is -0.196. The van der Waals surface area contributed by atoms with Crippen LogP contribution in [0.25, 0.3) is 10.9 Å². The SMILES string of the molecule is COc1ccc2cc(C(=O)NNC(=O)c3cccnc3)c(C)nc2c1. The molecule has 7 nitrogen and oxygen atoms in total. The molecule has 3 aromatic rings. The maximum Gasteiger partial charge on any atom is 0.271 e. The largest absolute Gasteiger partial charge is 0.497 e. The first-order chi connectivity index (χ1) is 12.1. The normalized spacial score (nSPS) is 10.3. The Morgan fingerprint density at radius 1 is 1.08 bits per heavy atom. The van der Waals surface area contributed by atoms with E-state index >= 15 is 0 Å². The fourth-order valence-electron chi connectivity index (χ4n) is 2.35. The standard InChI is InChI=1S/C18H16N4O3/c1-11-15(8-12-5-6-14(25-2)9-16(12)20-11)18(24)22-21-17(23)13-4-3-7-19-10-13/h3-10H,1-2H3,(H,21,23)(H,22,24). The number of nitrogens with one attached hydrogen (secondary N) is 2. The van der Waals surface area contributed by atoms with Crippen molar-refractivity contribution in [3.05, 3.63) is 65.6 Å². The van der Waals surface area contributed by atoms with Crippen molar-refractivity contribution in [3.8, 4) is 5.75 Å². The van der Waals surface area contributed by atoms with Crippen LogP contribution in [-0.4, -0.2) is 28.9 Å². The highest BCUT2D eigenvalue weighted by Crippen LogP contribution is 2.21. The topological polar surface area (TPSA) is 93.2 Å². The van der Waals surface area contributed by atoms with Crippen LogP contribution in [0, 0.1) is 6.92 Å². The van der Waals surface area contributed by atoms with Gasteiger partial charge in [-0.1, -0.05) is 0 Å². The molecule has 0 aliphatic rings. The smallest absolute Gasteiger partial charge is 0.271 e. The molecule has 0 atom stereocenters. The molecule has 0 saturated heterocycles. The summed E-state index contributed by atoms with van der Waals surface area (Å²) in [4.78, 5) is 32.6. The van der Waals surface area contributed by atoms with E-state index < -0.39 is 11.8 Å². The lowest BCUT2D eigenvalue weighted by atomic mass is 10.1. The number of ether oxygens (including phenoxy) is 1. The fraction of sp³-hybridized carbons (Fsp3) is 0.111. The number of benzene rings is 1. The summed E-state index contributed by atoms with van der Waals surface area (Å²) in [7, 11) is 1.58. The number of pyridine rings is 2. The number of fused-ring (bicyclic) bond motifs is 1. The van der Waals surface area contributed by atoms with Crippen molar-refractivity contribution in [1.82, 2.24) is 20.8 Å². The van der Waals surface area contributed by atoms with E-state index in [0.29, 0.717) is 22.6 Å². The summed E-state index contributed by atoms with van der Waals surface area (Å²) in [5.41, 5.74) is 6.77. The highest BCUT2D eigenvalue weighted by atomic mass is 16.5. The molecular formula is C18H16N4O3. The van der Waals surface area contributed by atoms with Crippen LogP contribution in [0.5, 0.6) is 5.75 Å². The zero-order valence-electron chi connectivity index (χ0n) is 13.7. The van der Waals surface area contributed by atoms with Crippen molar-refractivity contribution in [2.45, 2.75) is 6.92 Å². The van der Waals surface area contributed by atoms with Crippen molar-refractivity contribution in [2.75, 3.05) is 7.11 Å². The molecule has 0 bridgehead atoms. The minimum atomic E-state index is -0.447. The first-order valence-electron chi connectivity index (χ1n) is 7.54. The molecule has 3 rings (SSSR count). The minimum Gasteiger partial charge on any atom is -0.497 e. The lowest BCUT2D eigenvalue weighted by Crippen LogP contribution is -2.42. The second-order valence-corrected chi connectivity index (χ2v) is 5.33.